The Morgan fingerprint density at radius 1 is 1.33 bits per heavy atom. The first-order valence-electron chi connectivity index (χ1n) is 5.74. The van der Waals surface area contributed by atoms with E-state index < -0.39 is 0 Å². The second kappa shape index (κ2) is 3.93. The van der Waals surface area contributed by atoms with E-state index in [2.05, 4.69) is 28.6 Å². The quantitative estimate of drug-likeness (QED) is 0.823. The smallest absolute Gasteiger partial charge is 0.158 e. The Kier molecular flexibility index (Phi) is 2.78. The van der Waals surface area contributed by atoms with E-state index in [1.165, 1.54) is 25.7 Å². The Morgan fingerprint density at radius 2 is 2.00 bits per heavy atom. The van der Waals surface area contributed by atoms with Crippen LogP contribution < -0.4 is 0 Å². The van der Waals surface area contributed by atoms with Gasteiger partial charge in [-0.1, -0.05) is 19.8 Å². The first kappa shape index (κ1) is 10.6. The summed E-state index contributed by atoms with van der Waals surface area (Å²) in [7, 11) is 0. The highest BCUT2D eigenvalue weighted by Gasteiger charge is 2.35. The minimum Gasteiger partial charge on any atom is -0.388 e. The van der Waals surface area contributed by atoms with E-state index in [0.717, 1.165) is 12.4 Å². The van der Waals surface area contributed by atoms with Gasteiger partial charge in [-0.2, -0.15) is 0 Å². The second-order valence-corrected chi connectivity index (χ2v) is 4.61. The number of aliphatic hydroxyl groups is 1. The Balaban J connectivity index is 2.38. The number of rotatable bonds is 3. The SMILES string of the molecule is CCn1c(CO)nnc1C1(C)CCCC1. The summed E-state index contributed by atoms with van der Waals surface area (Å²) in [6.45, 7) is 5.16. The lowest BCUT2D eigenvalue weighted by Gasteiger charge is -2.23. The van der Waals surface area contributed by atoms with Gasteiger partial charge in [0.05, 0.1) is 0 Å². The molecule has 0 bridgehead atoms. The van der Waals surface area contributed by atoms with E-state index in [-0.39, 0.29) is 12.0 Å². The standard InChI is InChI=1S/C11H19N3O/c1-3-14-9(8-15)12-13-10(14)11(2)6-4-5-7-11/h15H,3-8H2,1-2H3. The molecule has 2 rings (SSSR count). The van der Waals surface area contributed by atoms with Gasteiger partial charge in [-0.15, -0.1) is 10.2 Å². The Bertz CT molecular complexity index is 340. The average Bonchev–Trinajstić information content (AvgIpc) is 2.83. The van der Waals surface area contributed by atoms with E-state index in [9.17, 15) is 0 Å². The van der Waals surface area contributed by atoms with Crippen LogP contribution in [-0.4, -0.2) is 19.9 Å². The highest BCUT2D eigenvalue weighted by molar-refractivity contribution is 5.11. The first-order chi connectivity index (χ1) is 7.21. The number of hydrogen-bond donors (Lipinski definition) is 1. The lowest BCUT2D eigenvalue weighted by Crippen LogP contribution is -2.23. The molecule has 1 aromatic heterocycles. The van der Waals surface area contributed by atoms with Crippen LogP contribution >= 0.6 is 0 Å². The number of nitrogens with zero attached hydrogens (tertiary/aromatic N) is 3. The highest BCUT2D eigenvalue weighted by atomic mass is 16.3. The summed E-state index contributed by atoms with van der Waals surface area (Å²) >= 11 is 0. The van der Waals surface area contributed by atoms with Crippen LogP contribution in [0.1, 0.15) is 51.2 Å². The molecule has 0 unspecified atom stereocenters. The van der Waals surface area contributed by atoms with Crippen molar-refractivity contribution < 1.29 is 5.11 Å². The van der Waals surface area contributed by atoms with Crippen LogP contribution in [0.25, 0.3) is 0 Å². The monoisotopic (exact) mass is 209 g/mol. The zero-order valence-electron chi connectivity index (χ0n) is 9.53. The molecule has 0 atom stereocenters. The molecule has 0 radical (unpaired) electrons. The number of hydrogen-bond acceptors (Lipinski definition) is 3. The molecule has 1 saturated carbocycles. The topological polar surface area (TPSA) is 50.9 Å². The Hall–Kier alpha value is -0.900. The molecule has 1 heterocycles. The normalized spacial score (nSPS) is 19.7. The molecule has 0 amide bonds. The minimum absolute atomic E-state index is 0.0169. The fraction of sp³-hybridized carbons (Fsp3) is 0.818. The van der Waals surface area contributed by atoms with Crippen molar-refractivity contribution in [2.75, 3.05) is 0 Å². The van der Waals surface area contributed by atoms with Crippen LogP contribution in [0.2, 0.25) is 0 Å². The van der Waals surface area contributed by atoms with E-state index >= 15 is 0 Å². The van der Waals surface area contributed by atoms with Crippen LogP contribution in [0.3, 0.4) is 0 Å². The lowest BCUT2D eigenvalue weighted by molar-refractivity contribution is 0.263. The molecule has 0 spiro atoms. The Morgan fingerprint density at radius 3 is 2.53 bits per heavy atom. The predicted octanol–water partition coefficient (Wildman–Crippen LogP) is 1.62. The summed E-state index contributed by atoms with van der Waals surface area (Å²) in [6.07, 6.45) is 4.94. The summed E-state index contributed by atoms with van der Waals surface area (Å²) in [4.78, 5) is 0. The Labute approximate surface area is 90.3 Å². The lowest BCUT2D eigenvalue weighted by atomic mass is 9.88. The van der Waals surface area contributed by atoms with Crippen molar-refractivity contribution in [3.63, 3.8) is 0 Å². The van der Waals surface area contributed by atoms with Crippen molar-refractivity contribution in [1.82, 2.24) is 14.8 Å². The van der Waals surface area contributed by atoms with Crippen molar-refractivity contribution >= 4 is 0 Å². The molecule has 15 heavy (non-hydrogen) atoms. The molecule has 4 nitrogen and oxygen atoms in total. The average molecular weight is 209 g/mol. The van der Waals surface area contributed by atoms with Gasteiger partial charge in [0.2, 0.25) is 0 Å². The zero-order chi connectivity index (χ0) is 10.9. The maximum Gasteiger partial charge on any atom is 0.158 e. The fourth-order valence-corrected chi connectivity index (χ4v) is 2.61. The van der Waals surface area contributed by atoms with Crippen molar-refractivity contribution in [3.05, 3.63) is 11.6 Å². The van der Waals surface area contributed by atoms with Gasteiger partial charge < -0.3 is 9.67 Å². The maximum atomic E-state index is 9.17. The van der Waals surface area contributed by atoms with E-state index in [4.69, 9.17) is 5.11 Å². The van der Waals surface area contributed by atoms with Gasteiger partial charge in [-0.3, -0.25) is 0 Å². The molecule has 0 aromatic carbocycles. The van der Waals surface area contributed by atoms with E-state index in [1.54, 1.807) is 0 Å². The van der Waals surface area contributed by atoms with E-state index in [1.807, 2.05) is 0 Å². The van der Waals surface area contributed by atoms with Crippen molar-refractivity contribution in [3.8, 4) is 0 Å². The van der Waals surface area contributed by atoms with Gasteiger partial charge in [0.15, 0.2) is 5.82 Å². The first-order valence-corrected chi connectivity index (χ1v) is 5.74. The molecule has 4 heteroatoms. The molecule has 0 saturated heterocycles. The van der Waals surface area contributed by atoms with Gasteiger partial charge >= 0.3 is 0 Å². The summed E-state index contributed by atoms with van der Waals surface area (Å²) in [5.41, 5.74) is 0.177. The molecule has 1 aromatic rings. The molecule has 1 fully saturated rings. The molecule has 0 aliphatic heterocycles. The summed E-state index contributed by atoms with van der Waals surface area (Å²) in [5.74, 6) is 1.76. The third-order valence-electron chi connectivity index (χ3n) is 3.53. The van der Waals surface area contributed by atoms with Crippen LogP contribution in [0.5, 0.6) is 0 Å². The summed E-state index contributed by atoms with van der Waals surface area (Å²) in [6, 6.07) is 0. The van der Waals surface area contributed by atoms with Gasteiger partial charge in [0.1, 0.15) is 12.4 Å². The van der Waals surface area contributed by atoms with Crippen LogP contribution in [0.15, 0.2) is 0 Å². The third kappa shape index (κ3) is 1.67. The highest BCUT2D eigenvalue weighted by Crippen LogP contribution is 2.39. The molecular formula is C11H19N3O. The maximum absolute atomic E-state index is 9.17. The van der Waals surface area contributed by atoms with Crippen molar-refractivity contribution in [1.29, 1.82) is 0 Å². The van der Waals surface area contributed by atoms with Crippen molar-refractivity contribution in [2.24, 2.45) is 0 Å². The van der Waals surface area contributed by atoms with E-state index in [0.29, 0.717) is 5.82 Å². The van der Waals surface area contributed by atoms with Crippen molar-refractivity contribution in [2.45, 2.75) is 58.1 Å². The molecular weight excluding hydrogens is 190 g/mol. The third-order valence-corrected chi connectivity index (χ3v) is 3.53. The summed E-state index contributed by atoms with van der Waals surface area (Å²) < 4.78 is 2.06. The van der Waals surface area contributed by atoms with Gasteiger partial charge in [0.25, 0.3) is 0 Å². The zero-order valence-corrected chi connectivity index (χ0v) is 9.53. The van der Waals surface area contributed by atoms with Gasteiger partial charge in [-0.05, 0) is 19.8 Å². The molecule has 1 N–H and O–H groups in total. The van der Waals surface area contributed by atoms with Crippen LogP contribution in [0, 0.1) is 0 Å². The molecule has 84 valence electrons. The molecule has 1 aliphatic rings. The van der Waals surface area contributed by atoms with Crippen LogP contribution in [-0.2, 0) is 18.6 Å². The fourth-order valence-electron chi connectivity index (χ4n) is 2.61. The minimum atomic E-state index is -0.0169. The molecule has 1 aliphatic carbocycles. The second-order valence-electron chi connectivity index (χ2n) is 4.61. The van der Waals surface area contributed by atoms with Gasteiger partial charge in [-0.25, -0.2) is 0 Å². The summed E-state index contributed by atoms with van der Waals surface area (Å²) in [5, 5.41) is 17.5. The van der Waals surface area contributed by atoms with Gasteiger partial charge in [0, 0.05) is 12.0 Å². The number of aromatic nitrogens is 3. The number of aliphatic hydroxyl groups excluding tert-OH is 1. The predicted molar refractivity (Wildman–Crippen MR) is 57.4 cm³/mol. The van der Waals surface area contributed by atoms with Crippen LogP contribution in [0.4, 0.5) is 0 Å². The largest absolute Gasteiger partial charge is 0.388 e.